The summed E-state index contributed by atoms with van der Waals surface area (Å²) in [5.74, 6) is 1.29. The molecular weight excluding hydrogens is 236 g/mol. The summed E-state index contributed by atoms with van der Waals surface area (Å²) in [4.78, 5) is 14.5. The molecule has 0 aliphatic carbocycles. The molecule has 1 saturated heterocycles. The predicted octanol–water partition coefficient (Wildman–Crippen LogP) is 3.04. The van der Waals surface area contributed by atoms with Crippen LogP contribution in [0.2, 0.25) is 0 Å². The quantitative estimate of drug-likeness (QED) is 0.771. The van der Waals surface area contributed by atoms with Gasteiger partial charge in [0.05, 0.1) is 0 Å². The lowest BCUT2D eigenvalue weighted by molar-refractivity contribution is -0.131. The molecule has 0 radical (unpaired) electrons. The number of hydrogen-bond acceptors (Lipinski definition) is 2. The van der Waals surface area contributed by atoms with Crippen molar-refractivity contribution < 1.29 is 4.79 Å². The maximum absolute atomic E-state index is 12.4. The van der Waals surface area contributed by atoms with E-state index in [2.05, 4.69) is 32.6 Å². The summed E-state index contributed by atoms with van der Waals surface area (Å²) in [6.07, 6.45) is 5.23. The Morgan fingerprint density at radius 3 is 2.37 bits per heavy atom. The van der Waals surface area contributed by atoms with Crippen LogP contribution in [0.25, 0.3) is 0 Å². The average molecular weight is 268 g/mol. The van der Waals surface area contributed by atoms with Crippen LogP contribution in [0.15, 0.2) is 0 Å². The summed E-state index contributed by atoms with van der Waals surface area (Å²) < 4.78 is 0. The molecule has 2 N–H and O–H groups in total. The van der Waals surface area contributed by atoms with Crippen molar-refractivity contribution in [3.8, 4) is 0 Å². The van der Waals surface area contributed by atoms with E-state index in [0.717, 1.165) is 19.5 Å². The van der Waals surface area contributed by atoms with E-state index in [4.69, 9.17) is 5.73 Å². The van der Waals surface area contributed by atoms with Crippen LogP contribution < -0.4 is 5.73 Å². The first kappa shape index (κ1) is 16.5. The van der Waals surface area contributed by atoms with Gasteiger partial charge in [-0.2, -0.15) is 0 Å². The zero-order valence-electron chi connectivity index (χ0n) is 13.2. The maximum atomic E-state index is 12.4. The highest BCUT2D eigenvalue weighted by molar-refractivity contribution is 5.76. The summed E-state index contributed by atoms with van der Waals surface area (Å²) in [5.41, 5.74) is 6.18. The van der Waals surface area contributed by atoms with E-state index in [1.165, 1.54) is 19.3 Å². The lowest BCUT2D eigenvalue weighted by atomic mass is 9.82. The highest BCUT2D eigenvalue weighted by Crippen LogP contribution is 2.37. The van der Waals surface area contributed by atoms with Gasteiger partial charge in [-0.3, -0.25) is 4.79 Å². The van der Waals surface area contributed by atoms with Gasteiger partial charge in [-0.1, -0.05) is 27.7 Å². The minimum absolute atomic E-state index is 0.319. The molecule has 1 aliphatic heterocycles. The molecule has 1 rings (SSSR count). The van der Waals surface area contributed by atoms with Crippen LogP contribution in [0.5, 0.6) is 0 Å². The molecule has 3 nitrogen and oxygen atoms in total. The van der Waals surface area contributed by atoms with Crippen LogP contribution in [0.1, 0.15) is 59.8 Å². The molecule has 19 heavy (non-hydrogen) atoms. The third kappa shape index (κ3) is 4.48. The lowest BCUT2D eigenvalue weighted by Crippen LogP contribution is -2.34. The molecule has 1 heterocycles. The predicted molar refractivity (Wildman–Crippen MR) is 80.8 cm³/mol. The lowest BCUT2D eigenvalue weighted by Gasteiger charge is -2.27. The van der Waals surface area contributed by atoms with Gasteiger partial charge in [0.1, 0.15) is 0 Å². The van der Waals surface area contributed by atoms with Crippen molar-refractivity contribution >= 4 is 5.91 Å². The number of amides is 1. The fraction of sp³-hybridized carbons (Fsp3) is 0.938. The fourth-order valence-corrected chi connectivity index (χ4v) is 3.28. The maximum Gasteiger partial charge on any atom is 0.222 e. The topological polar surface area (TPSA) is 46.3 Å². The van der Waals surface area contributed by atoms with Gasteiger partial charge in [0.25, 0.3) is 0 Å². The van der Waals surface area contributed by atoms with Crippen molar-refractivity contribution in [3.63, 3.8) is 0 Å². The third-order valence-electron chi connectivity index (χ3n) is 4.89. The normalized spacial score (nSPS) is 20.0. The molecule has 1 atom stereocenters. The average Bonchev–Trinajstić information content (AvgIpc) is 2.82. The first-order chi connectivity index (χ1) is 8.96. The van der Waals surface area contributed by atoms with Gasteiger partial charge in [-0.15, -0.1) is 0 Å². The van der Waals surface area contributed by atoms with Gasteiger partial charge < -0.3 is 10.6 Å². The second-order valence-corrected chi connectivity index (χ2v) is 6.71. The molecule has 0 saturated carbocycles. The van der Waals surface area contributed by atoms with Crippen molar-refractivity contribution in [1.82, 2.24) is 4.90 Å². The van der Waals surface area contributed by atoms with Crippen LogP contribution >= 0.6 is 0 Å². The van der Waals surface area contributed by atoms with Gasteiger partial charge in [-0.05, 0) is 49.5 Å². The van der Waals surface area contributed by atoms with Crippen LogP contribution in [0.3, 0.4) is 0 Å². The summed E-state index contributed by atoms with van der Waals surface area (Å²) in [6.45, 7) is 11.4. The Balaban J connectivity index is 2.50. The van der Waals surface area contributed by atoms with Crippen LogP contribution in [0.4, 0.5) is 0 Å². The molecule has 0 aromatic heterocycles. The van der Waals surface area contributed by atoms with Gasteiger partial charge >= 0.3 is 0 Å². The van der Waals surface area contributed by atoms with Gasteiger partial charge in [0.2, 0.25) is 5.91 Å². The van der Waals surface area contributed by atoms with Crippen molar-refractivity contribution in [2.45, 2.75) is 59.8 Å². The van der Waals surface area contributed by atoms with Gasteiger partial charge in [0.15, 0.2) is 0 Å². The molecular formula is C16H32N2O. The number of carbonyl (C=O) groups is 1. The number of likely N-dealkylation sites (tertiary alicyclic amines) is 1. The number of nitrogens with zero attached hydrogens (tertiary/aromatic N) is 1. The molecule has 0 bridgehead atoms. The van der Waals surface area contributed by atoms with Crippen LogP contribution in [0, 0.1) is 17.3 Å². The second-order valence-electron chi connectivity index (χ2n) is 6.71. The smallest absolute Gasteiger partial charge is 0.222 e. The van der Waals surface area contributed by atoms with E-state index >= 15 is 0 Å². The highest BCUT2D eigenvalue weighted by atomic mass is 16.2. The molecule has 0 aromatic rings. The number of carbonyl (C=O) groups excluding carboxylic acids is 1. The van der Waals surface area contributed by atoms with Crippen molar-refractivity contribution in [1.29, 1.82) is 0 Å². The molecule has 0 aromatic carbocycles. The van der Waals surface area contributed by atoms with Crippen molar-refractivity contribution in [3.05, 3.63) is 0 Å². The minimum atomic E-state index is 0.319. The summed E-state index contributed by atoms with van der Waals surface area (Å²) in [7, 11) is 0. The molecule has 3 heteroatoms. The van der Waals surface area contributed by atoms with Crippen molar-refractivity contribution in [2.24, 2.45) is 23.0 Å². The van der Waals surface area contributed by atoms with E-state index in [1.807, 2.05) is 0 Å². The minimum Gasteiger partial charge on any atom is -0.342 e. The Labute approximate surface area is 118 Å². The molecule has 1 unspecified atom stereocenters. The van der Waals surface area contributed by atoms with Gasteiger partial charge in [0, 0.05) is 19.5 Å². The number of hydrogen-bond donors (Lipinski definition) is 1. The van der Waals surface area contributed by atoms with E-state index in [9.17, 15) is 4.79 Å². The van der Waals surface area contributed by atoms with Crippen LogP contribution in [-0.4, -0.2) is 30.4 Å². The monoisotopic (exact) mass is 268 g/mol. The number of rotatable bonds is 7. The summed E-state index contributed by atoms with van der Waals surface area (Å²) in [5, 5.41) is 0. The SMILES string of the molecule is CCC1(CC)CCN(C(=O)CC(CN)CC(C)C)C1. The summed E-state index contributed by atoms with van der Waals surface area (Å²) in [6, 6.07) is 0. The molecule has 1 aliphatic rings. The molecule has 1 fully saturated rings. The zero-order chi connectivity index (χ0) is 14.5. The Morgan fingerprint density at radius 1 is 1.32 bits per heavy atom. The molecule has 112 valence electrons. The first-order valence-corrected chi connectivity index (χ1v) is 7.94. The van der Waals surface area contributed by atoms with E-state index < -0.39 is 0 Å². The second kappa shape index (κ2) is 7.28. The van der Waals surface area contributed by atoms with E-state index in [1.54, 1.807) is 0 Å². The Kier molecular flexibility index (Phi) is 6.31. The molecule has 0 spiro atoms. The van der Waals surface area contributed by atoms with Crippen molar-refractivity contribution in [2.75, 3.05) is 19.6 Å². The number of nitrogens with two attached hydrogens (primary N) is 1. The Hall–Kier alpha value is -0.570. The van der Waals surface area contributed by atoms with Gasteiger partial charge in [-0.25, -0.2) is 0 Å². The Morgan fingerprint density at radius 2 is 1.95 bits per heavy atom. The first-order valence-electron chi connectivity index (χ1n) is 7.94. The van der Waals surface area contributed by atoms with Crippen LogP contribution in [-0.2, 0) is 4.79 Å². The highest BCUT2D eigenvalue weighted by Gasteiger charge is 2.37. The third-order valence-corrected chi connectivity index (χ3v) is 4.89. The largest absolute Gasteiger partial charge is 0.342 e. The van der Waals surface area contributed by atoms with E-state index in [-0.39, 0.29) is 0 Å². The molecule has 1 amide bonds. The Bertz CT molecular complexity index is 284. The van der Waals surface area contributed by atoms with E-state index in [0.29, 0.717) is 36.1 Å². The fourth-order valence-electron chi connectivity index (χ4n) is 3.28. The zero-order valence-corrected chi connectivity index (χ0v) is 13.2. The standard InChI is InChI=1S/C16H32N2O/c1-5-16(6-2)7-8-18(12-16)15(19)10-14(11-17)9-13(3)4/h13-14H,5-12,17H2,1-4H3. The summed E-state index contributed by atoms with van der Waals surface area (Å²) >= 11 is 0.